The Morgan fingerprint density at radius 3 is 2.82 bits per heavy atom. The number of nitriles is 1. The average Bonchev–Trinajstić information content (AvgIpc) is 2.84. The highest BCUT2D eigenvalue weighted by Gasteiger charge is 2.03. The number of hydrogen-bond acceptors (Lipinski definition) is 3. The molecule has 0 saturated carbocycles. The Labute approximate surface area is 98.5 Å². The highest BCUT2D eigenvalue weighted by atomic mass is 19.1. The number of rotatable bonds is 4. The Kier molecular flexibility index (Phi) is 3.53. The molecule has 0 saturated heterocycles. The van der Waals surface area contributed by atoms with Crippen LogP contribution >= 0.6 is 0 Å². The summed E-state index contributed by atoms with van der Waals surface area (Å²) >= 11 is 0. The van der Waals surface area contributed by atoms with Gasteiger partial charge in [-0.1, -0.05) is 6.07 Å². The van der Waals surface area contributed by atoms with Gasteiger partial charge < -0.3 is 9.73 Å². The fraction of sp³-hybridized carbons (Fsp3) is 0.154. The van der Waals surface area contributed by atoms with Crippen molar-refractivity contribution in [2.75, 3.05) is 0 Å². The summed E-state index contributed by atoms with van der Waals surface area (Å²) in [4.78, 5) is 0. The third-order valence-corrected chi connectivity index (χ3v) is 2.38. The van der Waals surface area contributed by atoms with Crippen molar-refractivity contribution in [1.82, 2.24) is 5.32 Å². The van der Waals surface area contributed by atoms with Crippen molar-refractivity contribution in [2.24, 2.45) is 0 Å². The lowest BCUT2D eigenvalue weighted by molar-refractivity contribution is 0.479. The van der Waals surface area contributed by atoms with Crippen LogP contribution in [0.3, 0.4) is 0 Å². The molecule has 86 valence electrons. The molecule has 0 unspecified atom stereocenters. The van der Waals surface area contributed by atoms with Crippen LogP contribution in [0.25, 0.3) is 0 Å². The Bertz CT molecular complexity index is 529. The molecule has 2 rings (SSSR count). The summed E-state index contributed by atoms with van der Waals surface area (Å²) in [5.74, 6) is 0.440. The van der Waals surface area contributed by atoms with Gasteiger partial charge in [0.25, 0.3) is 0 Å². The maximum absolute atomic E-state index is 13.5. The zero-order valence-electron chi connectivity index (χ0n) is 9.11. The monoisotopic (exact) mass is 230 g/mol. The zero-order chi connectivity index (χ0) is 12.1. The number of nitrogens with zero attached hydrogens (tertiary/aromatic N) is 1. The van der Waals surface area contributed by atoms with Crippen molar-refractivity contribution in [3.8, 4) is 6.07 Å². The topological polar surface area (TPSA) is 49.0 Å². The van der Waals surface area contributed by atoms with Crippen molar-refractivity contribution < 1.29 is 8.81 Å². The molecular formula is C13H11FN2O. The summed E-state index contributed by atoms with van der Waals surface area (Å²) < 4.78 is 18.6. The summed E-state index contributed by atoms with van der Waals surface area (Å²) in [6.07, 6.45) is 1.60. The summed E-state index contributed by atoms with van der Waals surface area (Å²) in [6.45, 7) is 0.949. The SMILES string of the molecule is N#Cc1ccc(CNCc2ccco2)c(F)c1. The van der Waals surface area contributed by atoms with Crippen LogP contribution in [0, 0.1) is 17.1 Å². The van der Waals surface area contributed by atoms with Gasteiger partial charge in [-0.2, -0.15) is 5.26 Å². The van der Waals surface area contributed by atoms with Gasteiger partial charge in [0.2, 0.25) is 0 Å². The highest BCUT2D eigenvalue weighted by molar-refractivity contribution is 5.32. The number of halogens is 1. The first-order chi connectivity index (χ1) is 8.29. The van der Waals surface area contributed by atoms with Gasteiger partial charge >= 0.3 is 0 Å². The van der Waals surface area contributed by atoms with Crippen LogP contribution in [-0.2, 0) is 13.1 Å². The van der Waals surface area contributed by atoms with Gasteiger partial charge in [0.15, 0.2) is 0 Å². The highest BCUT2D eigenvalue weighted by Crippen LogP contribution is 2.10. The Morgan fingerprint density at radius 1 is 1.29 bits per heavy atom. The van der Waals surface area contributed by atoms with E-state index in [4.69, 9.17) is 9.68 Å². The second-order valence-corrected chi connectivity index (χ2v) is 3.60. The van der Waals surface area contributed by atoms with Crippen LogP contribution in [0.4, 0.5) is 4.39 Å². The van der Waals surface area contributed by atoms with E-state index in [1.165, 1.54) is 6.07 Å². The molecule has 0 aliphatic carbocycles. The standard InChI is InChI=1S/C13H11FN2O/c14-13-6-10(7-15)3-4-11(13)8-16-9-12-2-1-5-17-12/h1-6,16H,8-9H2. The van der Waals surface area contributed by atoms with Gasteiger partial charge in [-0.05, 0) is 24.3 Å². The lowest BCUT2D eigenvalue weighted by Gasteiger charge is -2.04. The fourth-order valence-corrected chi connectivity index (χ4v) is 1.49. The van der Waals surface area contributed by atoms with Crippen molar-refractivity contribution in [3.05, 3.63) is 59.3 Å². The molecule has 1 heterocycles. The van der Waals surface area contributed by atoms with Gasteiger partial charge in [-0.25, -0.2) is 4.39 Å². The van der Waals surface area contributed by atoms with Crippen molar-refractivity contribution >= 4 is 0 Å². The summed E-state index contributed by atoms with van der Waals surface area (Å²) in [6, 6.07) is 10.0. The molecule has 3 nitrogen and oxygen atoms in total. The molecule has 0 bridgehead atoms. The van der Waals surface area contributed by atoms with Gasteiger partial charge in [0, 0.05) is 12.1 Å². The smallest absolute Gasteiger partial charge is 0.129 e. The van der Waals surface area contributed by atoms with E-state index in [2.05, 4.69) is 5.32 Å². The average molecular weight is 230 g/mol. The van der Waals surface area contributed by atoms with Crippen LogP contribution in [0.1, 0.15) is 16.9 Å². The minimum Gasteiger partial charge on any atom is -0.468 e. The van der Waals surface area contributed by atoms with E-state index < -0.39 is 0 Å². The van der Waals surface area contributed by atoms with Crippen molar-refractivity contribution in [2.45, 2.75) is 13.1 Å². The molecule has 17 heavy (non-hydrogen) atoms. The van der Waals surface area contributed by atoms with Gasteiger partial charge in [-0.3, -0.25) is 0 Å². The van der Waals surface area contributed by atoms with E-state index in [0.717, 1.165) is 5.76 Å². The van der Waals surface area contributed by atoms with Gasteiger partial charge in [0.1, 0.15) is 11.6 Å². The molecule has 0 fully saturated rings. The molecule has 0 spiro atoms. The molecule has 0 radical (unpaired) electrons. The van der Waals surface area contributed by atoms with Crippen LogP contribution in [0.2, 0.25) is 0 Å². The minimum absolute atomic E-state index is 0.331. The predicted molar refractivity (Wildman–Crippen MR) is 60.4 cm³/mol. The molecule has 0 atom stereocenters. The number of benzene rings is 1. The van der Waals surface area contributed by atoms with Crippen molar-refractivity contribution in [1.29, 1.82) is 5.26 Å². The molecule has 1 N–H and O–H groups in total. The van der Waals surface area contributed by atoms with Crippen LogP contribution in [0.15, 0.2) is 41.0 Å². The Hall–Kier alpha value is -2.12. The van der Waals surface area contributed by atoms with E-state index in [1.54, 1.807) is 24.5 Å². The number of nitrogens with one attached hydrogen (secondary N) is 1. The third-order valence-electron chi connectivity index (χ3n) is 2.38. The summed E-state index contributed by atoms with van der Waals surface area (Å²) in [7, 11) is 0. The van der Waals surface area contributed by atoms with Crippen molar-refractivity contribution in [3.63, 3.8) is 0 Å². The molecule has 2 aromatic rings. The molecule has 1 aromatic heterocycles. The summed E-state index contributed by atoms with van der Waals surface area (Å²) in [5.41, 5.74) is 0.868. The van der Waals surface area contributed by atoms with Crippen LogP contribution in [0.5, 0.6) is 0 Å². The zero-order valence-corrected chi connectivity index (χ0v) is 9.11. The number of furan rings is 1. The van der Waals surface area contributed by atoms with Crippen LogP contribution in [-0.4, -0.2) is 0 Å². The molecule has 4 heteroatoms. The quantitative estimate of drug-likeness (QED) is 0.878. The normalized spacial score (nSPS) is 10.1. The van der Waals surface area contributed by atoms with Gasteiger partial charge in [0.05, 0.1) is 24.4 Å². The van der Waals surface area contributed by atoms with Gasteiger partial charge in [-0.15, -0.1) is 0 Å². The third kappa shape index (κ3) is 2.92. The predicted octanol–water partition coefficient (Wildman–Crippen LogP) is 2.58. The maximum Gasteiger partial charge on any atom is 0.129 e. The molecule has 1 aromatic carbocycles. The van der Waals surface area contributed by atoms with E-state index >= 15 is 0 Å². The lowest BCUT2D eigenvalue weighted by Crippen LogP contribution is -2.13. The van der Waals surface area contributed by atoms with E-state index in [9.17, 15) is 4.39 Å². The first kappa shape index (κ1) is 11.4. The molecule has 0 aliphatic rings. The van der Waals surface area contributed by atoms with E-state index in [0.29, 0.717) is 24.2 Å². The second-order valence-electron chi connectivity index (χ2n) is 3.60. The molecule has 0 aliphatic heterocycles. The minimum atomic E-state index is -0.365. The fourth-order valence-electron chi connectivity index (χ4n) is 1.49. The second kappa shape index (κ2) is 5.28. The Balaban J connectivity index is 1.93. The first-order valence-corrected chi connectivity index (χ1v) is 5.21. The lowest BCUT2D eigenvalue weighted by atomic mass is 10.1. The van der Waals surface area contributed by atoms with E-state index in [1.807, 2.05) is 12.1 Å². The molecular weight excluding hydrogens is 219 g/mol. The largest absolute Gasteiger partial charge is 0.468 e. The number of hydrogen-bond donors (Lipinski definition) is 1. The summed E-state index contributed by atoms with van der Waals surface area (Å²) in [5, 5.41) is 11.7. The van der Waals surface area contributed by atoms with Crippen LogP contribution < -0.4 is 5.32 Å². The van der Waals surface area contributed by atoms with E-state index in [-0.39, 0.29) is 5.82 Å². The molecule has 0 amide bonds. The Morgan fingerprint density at radius 2 is 2.18 bits per heavy atom. The first-order valence-electron chi connectivity index (χ1n) is 5.21. The maximum atomic E-state index is 13.5.